The fourth-order valence-corrected chi connectivity index (χ4v) is 4.42. The van der Waals surface area contributed by atoms with E-state index in [4.69, 9.17) is 9.47 Å². The lowest BCUT2D eigenvalue weighted by Gasteiger charge is -2.44. The van der Waals surface area contributed by atoms with Crippen LogP contribution in [0.3, 0.4) is 0 Å². The lowest BCUT2D eigenvalue weighted by atomic mass is 9.86. The molecule has 25 heavy (non-hydrogen) atoms. The number of rotatable bonds is 2. The van der Waals surface area contributed by atoms with Crippen molar-refractivity contribution in [2.24, 2.45) is 0 Å². The predicted molar refractivity (Wildman–Crippen MR) is 97.0 cm³/mol. The molecule has 1 spiro atoms. The molecule has 134 valence electrons. The number of carbonyl (C=O) groups excluding carboxylic acids is 1. The van der Waals surface area contributed by atoms with Gasteiger partial charge in [-0.2, -0.15) is 0 Å². The lowest BCUT2D eigenvalue weighted by Crippen LogP contribution is -2.58. The van der Waals surface area contributed by atoms with E-state index < -0.39 is 0 Å². The molecule has 0 aliphatic carbocycles. The molecule has 0 bridgehead atoms. The Morgan fingerprint density at radius 2 is 2.24 bits per heavy atom. The summed E-state index contributed by atoms with van der Waals surface area (Å²) in [6, 6.07) is 5.94. The van der Waals surface area contributed by atoms with E-state index in [1.807, 2.05) is 23.1 Å². The lowest BCUT2D eigenvalue weighted by molar-refractivity contribution is -0.137. The Morgan fingerprint density at radius 3 is 2.96 bits per heavy atom. The number of likely N-dealkylation sites (tertiary alicyclic amines) is 1. The Kier molecular flexibility index (Phi) is 4.08. The highest BCUT2D eigenvalue weighted by Gasteiger charge is 2.48. The summed E-state index contributed by atoms with van der Waals surface area (Å²) in [5.41, 5.74) is 3.86. The number of amides is 1. The highest BCUT2D eigenvalue weighted by atomic mass is 16.6. The van der Waals surface area contributed by atoms with Crippen LogP contribution in [-0.4, -0.2) is 54.3 Å². The van der Waals surface area contributed by atoms with Gasteiger partial charge in [0.2, 0.25) is 0 Å². The van der Waals surface area contributed by atoms with Gasteiger partial charge in [0, 0.05) is 42.4 Å². The van der Waals surface area contributed by atoms with Gasteiger partial charge < -0.3 is 19.4 Å². The summed E-state index contributed by atoms with van der Waals surface area (Å²) in [6.07, 6.45) is 2.91. The highest BCUT2D eigenvalue weighted by Crippen LogP contribution is 2.37. The molecule has 2 aromatic rings. The van der Waals surface area contributed by atoms with Crippen molar-refractivity contribution < 1.29 is 14.3 Å². The monoisotopic (exact) mass is 342 g/mol. The van der Waals surface area contributed by atoms with E-state index in [2.05, 4.69) is 18.8 Å². The number of nitrogens with one attached hydrogen (secondary N) is 1. The molecule has 1 N–H and O–H groups in total. The van der Waals surface area contributed by atoms with E-state index in [0.717, 1.165) is 48.0 Å². The number of methoxy groups -OCH3 is 1. The van der Waals surface area contributed by atoms with Gasteiger partial charge >= 0.3 is 0 Å². The Labute approximate surface area is 148 Å². The van der Waals surface area contributed by atoms with Crippen LogP contribution in [0.4, 0.5) is 0 Å². The van der Waals surface area contributed by atoms with Crippen molar-refractivity contribution >= 4 is 16.8 Å². The number of ether oxygens (including phenoxy) is 2. The molecule has 1 amide bonds. The van der Waals surface area contributed by atoms with Crippen molar-refractivity contribution in [2.75, 3.05) is 26.8 Å². The molecule has 1 aromatic carbocycles. The minimum absolute atomic E-state index is 0.0797. The smallest absolute Gasteiger partial charge is 0.253 e. The molecule has 2 fully saturated rings. The van der Waals surface area contributed by atoms with Crippen LogP contribution in [0, 0.1) is 13.8 Å². The fourth-order valence-electron chi connectivity index (χ4n) is 4.42. The van der Waals surface area contributed by atoms with Gasteiger partial charge in [0.05, 0.1) is 12.6 Å². The van der Waals surface area contributed by atoms with E-state index >= 15 is 0 Å². The van der Waals surface area contributed by atoms with Crippen molar-refractivity contribution in [1.82, 2.24) is 9.88 Å². The standard InChI is InChI=1S/C20H26N2O3/c1-13-14(2)21-17-6-5-15(11-16(13)17)19(23)22-9-7-18(24-3)20(12-22)8-4-10-25-20/h5-6,11,18,21H,4,7-10,12H2,1-3H3/t18-,20-/m0/s1. The molecule has 1 aromatic heterocycles. The Balaban J connectivity index is 1.61. The predicted octanol–water partition coefficient (Wildman–Crippen LogP) is 3.19. The largest absolute Gasteiger partial charge is 0.378 e. The van der Waals surface area contributed by atoms with Crippen LogP contribution in [0.25, 0.3) is 10.9 Å². The third-order valence-electron chi connectivity index (χ3n) is 5.97. The Bertz CT molecular complexity index is 805. The Hall–Kier alpha value is -1.85. The average molecular weight is 342 g/mol. The zero-order valence-corrected chi connectivity index (χ0v) is 15.2. The number of carbonyl (C=O) groups is 1. The van der Waals surface area contributed by atoms with Crippen LogP contribution in [-0.2, 0) is 9.47 Å². The second kappa shape index (κ2) is 6.15. The first-order valence-corrected chi connectivity index (χ1v) is 9.09. The molecule has 2 saturated heterocycles. The van der Waals surface area contributed by atoms with Gasteiger partial charge in [-0.1, -0.05) is 0 Å². The number of aromatic amines is 1. The molecule has 2 atom stereocenters. The number of aryl methyl sites for hydroxylation is 2. The summed E-state index contributed by atoms with van der Waals surface area (Å²) in [7, 11) is 1.75. The number of H-pyrrole nitrogens is 1. The van der Waals surface area contributed by atoms with Crippen LogP contribution in [0.2, 0.25) is 0 Å². The minimum Gasteiger partial charge on any atom is -0.378 e. The molecular weight excluding hydrogens is 316 g/mol. The van der Waals surface area contributed by atoms with E-state index in [9.17, 15) is 4.79 Å². The number of hydrogen-bond acceptors (Lipinski definition) is 3. The number of hydrogen-bond donors (Lipinski definition) is 1. The Morgan fingerprint density at radius 1 is 1.40 bits per heavy atom. The molecule has 0 radical (unpaired) electrons. The van der Waals surface area contributed by atoms with Crippen molar-refractivity contribution in [2.45, 2.75) is 44.8 Å². The fraction of sp³-hybridized carbons (Fsp3) is 0.550. The molecule has 0 unspecified atom stereocenters. The second-order valence-corrected chi connectivity index (χ2v) is 7.39. The van der Waals surface area contributed by atoms with Crippen molar-refractivity contribution in [3.05, 3.63) is 35.0 Å². The van der Waals surface area contributed by atoms with Gasteiger partial charge in [-0.3, -0.25) is 4.79 Å². The maximum absolute atomic E-state index is 13.1. The zero-order valence-electron chi connectivity index (χ0n) is 15.2. The first-order valence-electron chi connectivity index (χ1n) is 9.09. The quantitative estimate of drug-likeness (QED) is 0.912. The van der Waals surface area contributed by atoms with E-state index in [-0.39, 0.29) is 17.6 Å². The summed E-state index contributed by atoms with van der Waals surface area (Å²) < 4.78 is 11.7. The molecular formula is C20H26N2O3. The van der Waals surface area contributed by atoms with Crippen molar-refractivity contribution in [3.63, 3.8) is 0 Å². The van der Waals surface area contributed by atoms with Gasteiger partial charge in [0.1, 0.15) is 5.60 Å². The van der Waals surface area contributed by atoms with Crippen LogP contribution < -0.4 is 0 Å². The third-order valence-corrected chi connectivity index (χ3v) is 5.97. The molecule has 2 aliphatic rings. The number of fused-ring (bicyclic) bond motifs is 1. The maximum Gasteiger partial charge on any atom is 0.253 e. The van der Waals surface area contributed by atoms with Crippen LogP contribution >= 0.6 is 0 Å². The summed E-state index contributed by atoms with van der Waals surface area (Å²) in [5.74, 6) is 0.0876. The van der Waals surface area contributed by atoms with Gasteiger partial charge in [-0.15, -0.1) is 0 Å². The SMILES string of the molecule is CO[C@H]1CCN(C(=O)c2ccc3[nH]c(C)c(C)c3c2)C[C@@]12CCCO2. The second-order valence-electron chi connectivity index (χ2n) is 7.39. The maximum atomic E-state index is 13.1. The summed E-state index contributed by atoms with van der Waals surface area (Å²) in [5, 5.41) is 1.13. The molecule has 5 heteroatoms. The van der Waals surface area contributed by atoms with Gasteiger partial charge in [-0.25, -0.2) is 0 Å². The van der Waals surface area contributed by atoms with Crippen molar-refractivity contribution in [3.8, 4) is 0 Å². The number of nitrogens with zero attached hydrogens (tertiary/aromatic N) is 1. The molecule has 3 heterocycles. The third kappa shape index (κ3) is 2.66. The normalized spacial score (nSPS) is 26.7. The molecule has 0 saturated carbocycles. The number of benzene rings is 1. The molecule has 4 rings (SSSR count). The average Bonchev–Trinajstić information content (AvgIpc) is 3.19. The van der Waals surface area contributed by atoms with Gasteiger partial charge in [0.15, 0.2) is 0 Å². The zero-order chi connectivity index (χ0) is 17.6. The number of aromatic nitrogens is 1. The summed E-state index contributed by atoms with van der Waals surface area (Å²) in [4.78, 5) is 18.4. The molecule has 2 aliphatic heterocycles. The molecule has 5 nitrogen and oxygen atoms in total. The van der Waals surface area contributed by atoms with Gasteiger partial charge in [0.25, 0.3) is 5.91 Å². The van der Waals surface area contributed by atoms with Crippen molar-refractivity contribution in [1.29, 1.82) is 0 Å². The first kappa shape index (κ1) is 16.6. The van der Waals surface area contributed by atoms with E-state index in [1.54, 1.807) is 7.11 Å². The van der Waals surface area contributed by atoms with Crippen LogP contribution in [0.15, 0.2) is 18.2 Å². The number of piperidine rings is 1. The van der Waals surface area contributed by atoms with E-state index in [1.165, 1.54) is 5.56 Å². The minimum atomic E-state index is -0.326. The highest BCUT2D eigenvalue weighted by molar-refractivity contribution is 5.99. The van der Waals surface area contributed by atoms with E-state index in [0.29, 0.717) is 13.1 Å². The topological polar surface area (TPSA) is 54.6 Å². The summed E-state index contributed by atoms with van der Waals surface area (Å²) in [6.45, 7) is 6.25. The van der Waals surface area contributed by atoms with Gasteiger partial charge in [-0.05, 0) is 56.9 Å². The summed E-state index contributed by atoms with van der Waals surface area (Å²) >= 11 is 0. The van der Waals surface area contributed by atoms with Crippen LogP contribution in [0.1, 0.15) is 40.9 Å². The van der Waals surface area contributed by atoms with Crippen LogP contribution in [0.5, 0.6) is 0 Å². The first-order chi connectivity index (χ1) is 12.0.